The highest BCUT2D eigenvalue weighted by Gasteiger charge is 2.52. The summed E-state index contributed by atoms with van der Waals surface area (Å²) in [5.41, 5.74) is 5.06. The minimum atomic E-state index is -5.13. The van der Waals surface area contributed by atoms with E-state index < -0.39 is 75.8 Å². The van der Waals surface area contributed by atoms with Crippen molar-refractivity contribution in [3.8, 4) is 0 Å². The lowest BCUT2D eigenvalue weighted by atomic mass is 9.98. The maximum atomic E-state index is 14.3. The van der Waals surface area contributed by atoms with E-state index in [1.165, 1.54) is 19.6 Å². The maximum absolute atomic E-state index is 14.3. The van der Waals surface area contributed by atoms with E-state index in [4.69, 9.17) is 46.9 Å². The summed E-state index contributed by atoms with van der Waals surface area (Å²) in [6.07, 6.45) is -12.2. The van der Waals surface area contributed by atoms with Crippen LogP contribution in [0.4, 0.5) is 0 Å². The van der Waals surface area contributed by atoms with Gasteiger partial charge >= 0.3 is 7.82 Å². The molecular weight excluding hydrogens is 990 g/mol. The fourth-order valence-electron chi connectivity index (χ4n) is 8.78. The fourth-order valence-corrected chi connectivity index (χ4v) is 9.61. The van der Waals surface area contributed by atoms with Crippen molar-refractivity contribution < 1.29 is 66.6 Å². The summed E-state index contributed by atoms with van der Waals surface area (Å²) in [7, 11) is -5.13. The smallest absolute Gasteiger partial charge is 0.387 e. The van der Waals surface area contributed by atoms with Crippen LogP contribution in [0, 0.1) is 0 Å². The van der Waals surface area contributed by atoms with Gasteiger partial charge in [-0.3, -0.25) is 9.05 Å². The van der Waals surface area contributed by atoms with E-state index in [2.05, 4.69) is 25.7 Å². The van der Waals surface area contributed by atoms with Crippen LogP contribution in [-0.4, -0.2) is 114 Å². The van der Waals surface area contributed by atoms with E-state index in [0.29, 0.717) is 0 Å². The van der Waals surface area contributed by atoms with E-state index in [0.717, 1.165) is 33.4 Å². The van der Waals surface area contributed by atoms with E-state index in [1.807, 2.05) is 182 Å². The van der Waals surface area contributed by atoms with Crippen LogP contribution < -0.4 is 0 Å². The molecule has 76 heavy (non-hydrogen) atoms. The zero-order chi connectivity index (χ0) is 53.4. The molecule has 11 atom stereocenters. The Bertz CT molecular complexity index is 2510. The molecule has 2 fully saturated rings. The second kappa shape index (κ2) is 31.4. The molecule has 2 saturated heterocycles. The average Bonchev–Trinajstić information content (AvgIpc) is 3.46. The Morgan fingerprint density at radius 3 is 1.18 bits per heavy atom. The largest absolute Gasteiger partial charge is 0.474 e. The van der Waals surface area contributed by atoms with E-state index >= 15 is 0 Å². The average molecular weight is 1060 g/mol. The normalized spacial score (nSPS) is 24.3. The Hall–Kier alpha value is -5.01. The van der Waals surface area contributed by atoms with Crippen LogP contribution in [0.3, 0.4) is 0 Å². The van der Waals surface area contributed by atoms with Gasteiger partial charge < -0.3 is 57.9 Å². The zero-order valence-corrected chi connectivity index (χ0v) is 44.5. The SMILES string of the molecule is CCN(CC)CC.O=P(O)(OC[C@H]1OC(O)[C@@H](OCc2ccccc2)[C@@H](OCc2ccccc2)[C@@H]1OCc1ccccc1)O[C@H]1O[C@H](COCc2ccccc2)[C@@H](O)[C@H](OCc2ccccc2)[C@H]1OCc1ccccc1. The van der Waals surface area contributed by atoms with Gasteiger partial charge in [-0.25, -0.2) is 4.57 Å². The Balaban J connectivity index is 0.00000112. The van der Waals surface area contributed by atoms with Crippen molar-refractivity contribution in [1.29, 1.82) is 0 Å². The summed E-state index contributed by atoms with van der Waals surface area (Å²) < 4.78 is 76.7. The number of benzene rings is 6. The molecule has 3 N–H and O–H groups in total. The summed E-state index contributed by atoms with van der Waals surface area (Å²) in [4.78, 5) is 14.0. The second-order valence-corrected chi connectivity index (χ2v) is 19.8. The summed E-state index contributed by atoms with van der Waals surface area (Å²) in [6.45, 7) is 10.0. The number of phosphoric acid groups is 1. The lowest BCUT2D eigenvalue weighted by Gasteiger charge is -2.45. The number of aliphatic hydroxyl groups excluding tert-OH is 2. The van der Waals surface area contributed by atoms with Gasteiger partial charge in [0.1, 0.15) is 48.8 Å². The Labute approximate surface area is 447 Å². The highest BCUT2D eigenvalue weighted by atomic mass is 31.2. The van der Waals surface area contributed by atoms with Crippen LogP contribution in [0.15, 0.2) is 182 Å². The number of rotatable bonds is 27. The van der Waals surface area contributed by atoms with E-state index in [1.54, 1.807) is 0 Å². The Kier molecular flexibility index (Phi) is 24.2. The summed E-state index contributed by atoms with van der Waals surface area (Å²) in [5, 5.41) is 23.5. The third-order valence-electron chi connectivity index (χ3n) is 13.0. The minimum absolute atomic E-state index is 0.0184. The van der Waals surface area contributed by atoms with Gasteiger partial charge in [0.2, 0.25) is 0 Å². The Morgan fingerprint density at radius 2 is 0.789 bits per heavy atom. The molecule has 15 nitrogen and oxygen atoms in total. The van der Waals surface area contributed by atoms with E-state index in [9.17, 15) is 19.7 Å². The van der Waals surface area contributed by atoms with Gasteiger partial charge in [-0.15, -0.1) is 0 Å². The second-order valence-electron chi connectivity index (χ2n) is 18.4. The zero-order valence-electron chi connectivity index (χ0n) is 43.6. The minimum Gasteiger partial charge on any atom is -0.387 e. The number of nitrogens with zero attached hydrogens (tertiary/aromatic N) is 1. The van der Waals surface area contributed by atoms with Gasteiger partial charge in [-0.05, 0) is 53.0 Å². The highest BCUT2D eigenvalue weighted by Crippen LogP contribution is 2.48. The molecule has 0 aliphatic carbocycles. The standard InChI is InChI=1S/C54H59O14P.C6H15N/c55-47-45(37-59-31-39-19-7-1-8-20-39)67-54(52(64-36-44-29-17-6-18-30-44)49(47)61-33-41-23-11-3-12-24-41)68-69(57,58)65-38-46-48(60-32-40-21-9-2-10-22-40)50(62-34-42-25-13-4-14-26-42)51(53(56)66-46)63-35-43-27-15-5-16-28-43;1-4-7(5-2)6-3/h1-30,45-56H,31-38H2,(H,57,58);4-6H2,1-3H3/t45-,46-,47-,48-,49+,50+,51+,52-,53?,54-;/m1./s1. The van der Waals surface area contributed by atoms with Crippen molar-refractivity contribution in [2.24, 2.45) is 0 Å². The molecule has 6 aromatic carbocycles. The van der Waals surface area contributed by atoms with Crippen LogP contribution in [0.2, 0.25) is 0 Å². The first kappa shape index (κ1) is 58.7. The van der Waals surface area contributed by atoms with Crippen molar-refractivity contribution in [3.05, 3.63) is 215 Å². The molecule has 2 aliphatic rings. The third-order valence-corrected chi connectivity index (χ3v) is 14.0. The monoisotopic (exact) mass is 1060 g/mol. The first-order chi connectivity index (χ1) is 37.1. The quantitative estimate of drug-likeness (QED) is 0.0416. The number of phosphoric ester groups is 1. The van der Waals surface area contributed by atoms with Crippen molar-refractivity contribution in [2.75, 3.05) is 32.8 Å². The molecule has 2 unspecified atom stereocenters. The van der Waals surface area contributed by atoms with Gasteiger partial charge in [-0.1, -0.05) is 203 Å². The number of hydrogen-bond acceptors (Lipinski definition) is 14. The molecule has 0 radical (unpaired) electrons. The summed E-state index contributed by atoms with van der Waals surface area (Å²) >= 11 is 0. The van der Waals surface area contributed by atoms with Gasteiger partial charge in [0.05, 0.1) is 52.9 Å². The van der Waals surface area contributed by atoms with Gasteiger partial charge in [-0.2, -0.15) is 0 Å². The molecule has 2 aliphatic heterocycles. The molecule has 0 spiro atoms. The Morgan fingerprint density at radius 1 is 0.434 bits per heavy atom. The molecule has 2 heterocycles. The third kappa shape index (κ3) is 18.6. The van der Waals surface area contributed by atoms with Gasteiger partial charge in [0.25, 0.3) is 0 Å². The van der Waals surface area contributed by atoms with Crippen LogP contribution in [0.1, 0.15) is 54.2 Å². The fraction of sp³-hybridized carbons (Fsp3) is 0.400. The number of ether oxygens (including phenoxy) is 8. The van der Waals surface area contributed by atoms with Crippen LogP contribution in [-0.2, 0) is 91.1 Å². The first-order valence-electron chi connectivity index (χ1n) is 26.1. The van der Waals surface area contributed by atoms with E-state index in [-0.39, 0.29) is 46.2 Å². The van der Waals surface area contributed by atoms with Crippen LogP contribution >= 0.6 is 7.82 Å². The molecule has 0 aromatic heterocycles. The lowest BCUT2D eigenvalue weighted by molar-refractivity contribution is -0.316. The highest BCUT2D eigenvalue weighted by molar-refractivity contribution is 7.47. The molecule has 408 valence electrons. The van der Waals surface area contributed by atoms with Crippen molar-refractivity contribution >= 4 is 7.82 Å². The van der Waals surface area contributed by atoms with Gasteiger partial charge in [0, 0.05) is 0 Å². The molecule has 6 aromatic rings. The molecular formula is C60H74NO14P. The van der Waals surface area contributed by atoms with Crippen molar-refractivity contribution in [1.82, 2.24) is 4.90 Å². The maximum Gasteiger partial charge on any atom is 0.474 e. The number of hydrogen-bond donors (Lipinski definition) is 3. The molecule has 0 amide bonds. The van der Waals surface area contributed by atoms with Gasteiger partial charge in [0.15, 0.2) is 12.6 Å². The summed E-state index contributed by atoms with van der Waals surface area (Å²) in [5.74, 6) is 0. The molecule has 16 heteroatoms. The van der Waals surface area contributed by atoms with Crippen LogP contribution in [0.25, 0.3) is 0 Å². The van der Waals surface area contributed by atoms with Crippen molar-refractivity contribution in [2.45, 2.75) is 122 Å². The number of aliphatic hydroxyl groups is 2. The molecule has 8 rings (SSSR count). The molecule has 0 bridgehead atoms. The summed E-state index contributed by atoms with van der Waals surface area (Å²) in [6, 6.07) is 56.6. The lowest BCUT2D eigenvalue weighted by Crippen LogP contribution is -2.61. The molecule has 0 saturated carbocycles. The topological polar surface area (TPSA) is 173 Å². The first-order valence-corrected chi connectivity index (χ1v) is 27.6. The van der Waals surface area contributed by atoms with Crippen LogP contribution in [0.5, 0.6) is 0 Å². The predicted molar refractivity (Wildman–Crippen MR) is 287 cm³/mol. The predicted octanol–water partition coefficient (Wildman–Crippen LogP) is 9.41. The van der Waals surface area contributed by atoms with Crippen molar-refractivity contribution in [3.63, 3.8) is 0 Å².